The first kappa shape index (κ1) is 15.8. The van der Waals surface area contributed by atoms with E-state index in [1.165, 1.54) is 18.2 Å². The van der Waals surface area contributed by atoms with Crippen LogP contribution in [0.25, 0.3) is 6.08 Å². The number of carbonyl (C=O) groups excluding carboxylic acids is 1. The molecule has 0 aliphatic heterocycles. The van der Waals surface area contributed by atoms with Crippen LogP contribution in [0.15, 0.2) is 54.1 Å². The fourth-order valence-corrected chi connectivity index (χ4v) is 2.00. The van der Waals surface area contributed by atoms with Gasteiger partial charge in [-0.2, -0.15) is 0 Å². The Kier molecular flexibility index (Phi) is 4.96. The van der Waals surface area contributed by atoms with Gasteiger partial charge in [-0.3, -0.25) is 4.79 Å². The standard InChI is InChI=1S/C17H14ClNO3/c1-11(9-12-5-3-2-4-6-12)16(20)19-15-10-13(17(21)22)7-8-14(15)18/h2-10H,1H3,(H,19,20)(H,21,22). The number of carboxylic acid groups (broad SMARTS) is 1. The number of amides is 1. The lowest BCUT2D eigenvalue weighted by molar-refractivity contribution is -0.112. The molecule has 2 N–H and O–H groups in total. The number of hydrogen-bond donors (Lipinski definition) is 2. The first-order chi connectivity index (χ1) is 10.5. The molecular weight excluding hydrogens is 302 g/mol. The van der Waals surface area contributed by atoms with Crippen molar-refractivity contribution in [1.29, 1.82) is 0 Å². The molecule has 5 heteroatoms. The Morgan fingerprint density at radius 2 is 1.82 bits per heavy atom. The van der Waals surface area contributed by atoms with E-state index in [2.05, 4.69) is 5.32 Å². The smallest absolute Gasteiger partial charge is 0.335 e. The second-order valence-electron chi connectivity index (χ2n) is 4.69. The molecule has 0 heterocycles. The molecule has 0 fully saturated rings. The summed E-state index contributed by atoms with van der Waals surface area (Å²) < 4.78 is 0. The number of anilines is 1. The minimum atomic E-state index is -1.08. The van der Waals surface area contributed by atoms with Gasteiger partial charge in [-0.15, -0.1) is 0 Å². The van der Waals surface area contributed by atoms with Crippen LogP contribution >= 0.6 is 11.6 Å². The molecule has 112 valence electrons. The van der Waals surface area contributed by atoms with Crippen LogP contribution in [0, 0.1) is 0 Å². The molecule has 0 unspecified atom stereocenters. The van der Waals surface area contributed by atoms with Crippen molar-refractivity contribution in [2.75, 3.05) is 5.32 Å². The maximum absolute atomic E-state index is 12.2. The molecule has 2 aromatic carbocycles. The summed E-state index contributed by atoms with van der Waals surface area (Å²) in [5.41, 5.74) is 1.72. The number of rotatable bonds is 4. The van der Waals surface area contributed by atoms with Gasteiger partial charge in [0.1, 0.15) is 0 Å². The Balaban J connectivity index is 2.20. The summed E-state index contributed by atoms with van der Waals surface area (Å²) in [6.45, 7) is 1.68. The van der Waals surface area contributed by atoms with Crippen molar-refractivity contribution >= 4 is 35.2 Å². The van der Waals surface area contributed by atoms with Crippen LogP contribution < -0.4 is 5.32 Å². The van der Waals surface area contributed by atoms with E-state index in [9.17, 15) is 9.59 Å². The number of benzene rings is 2. The molecule has 22 heavy (non-hydrogen) atoms. The highest BCUT2D eigenvalue weighted by Gasteiger charge is 2.11. The first-order valence-corrected chi connectivity index (χ1v) is 6.92. The van der Waals surface area contributed by atoms with Crippen LogP contribution in [-0.2, 0) is 4.79 Å². The highest BCUT2D eigenvalue weighted by molar-refractivity contribution is 6.34. The van der Waals surface area contributed by atoms with Crippen LogP contribution in [-0.4, -0.2) is 17.0 Å². The van der Waals surface area contributed by atoms with E-state index in [1.54, 1.807) is 13.0 Å². The lowest BCUT2D eigenvalue weighted by Gasteiger charge is -2.08. The predicted octanol–water partition coefficient (Wildman–Crippen LogP) is 4.08. The predicted molar refractivity (Wildman–Crippen MR) is 87.1 cm³/mol. The summed E-state index contributed by atoms with van der Waals surface area (Å²) in [4.78, 5) is 23.1. The fraction of sp³-hybridized carbons (Fsp3) is 0.0588. The molecule has 0 aliphatic carbocycles. The minimum absolute atomic E-state index is 0.0596. The van der Waals surface area contributed by atoms with E-state index >= 15 is 0 Å². The van der Waals surface area contributed by atoms with E-state index in [0.29, 0.717) is 5.57 Å². The zero-order valence-corrected chi connectivity index (χ0v) is 12.6. The van der Waals surface area contributed by atoms with E-state index in [-0.39, 0.29) is 22.2 Å². The molecule has 0 atom stereocenters. The van der Waals surface area contributed by atoms with Crippen molar-refractivity contribution in [3.63, 3.8) is 0 Å². The van der Waals surface area contributed by atoms with Crippen LogP contribution in [0.4, 0.5) is 5.69 Å². The molecule has 0 aliphatic rings. The number of halogens is 1. The van der Waals surface area contributed by atoms with E-state index in [4.69, 9.17) is 16.7 Å². The van der Waals surface area contributed by atoms with Crippen LogP contribution in [0.5, 0.6) is 0 Å². The van der Waals surface area contributed by atoms with Crippen molar-refractivity contribution in [2.24, 2.45) is 0 Å². The van der Waals surface area contributed by atoms with Crippen molar-refractivity contribution < 1.29 is 14.7 Å². The molecular formula is C17H14ClNO3. The van der Waals surface area contributed by atoms with Gasteiger partial charge in [0, 0.05) is 5.57 Å². The molecule has 2 rings (SSSR count). The van der Waals surface area contributed by atoms with Gasteiger partial charge in [0.25, 0.3) is 5.91 Å². The van der Waals surface area contributed by atoms with Crippen LogP contribution in [0.2, 0.25) is 5.02 Å². The summed E-state index contributed by atoms with van der Waals surface area (Å²) in [6.07, 6.45) is 1.74. The van der Waals surface area contributed by atoms with Gasteiger partial charge >= 0.3 is 5.97 Å². The molecule has 0 saturated carbocycles. The Labute approximate surface area is 133 Å². The zero-order chi connectivity index (χ0) is 16.1. The van der Waals surface area contributed by atoms with Crippen LogP contribution in [0.3, 0.4) is 0 Å². The third kappa shape index (κ3) is 3.96. The average Bonchev–Trinajstić information content (AvgIpc) is 2.50. The molecule has 4 nitrogen and oxygen atoms in total. The van der Waals surface area contributed by atoms with Gasteiger partial charge in [-0.25, -0.2) is 4.79 Å². The SMILES string of the molecule is CC(=Cc1ccccc1)C(=O)Nc1cc(C(=O)O)ccc1Cl. The number of nitrogens with one attached hydrogen (secondary N) is 1. The summed E-state index contributed by atoms with van der Waals surface area (Å²) in [5, 5.41) is 11.9. The highest BCUT2D eigenvalue weighted by Crippen LogP contribution is 2.23. The second kappa shape index (κ2) is 6.91. The van der Waals surface area contributed by atoms with Crippen molar-refractivity contribution in [3.8, 4) is 0 Å². The van der Waals surface area contributed by atoms with Crippen molar-refractivity contribution in [1.82, 2.24) is 0 Å². The van der Waals surface area contributed by atoms with Gasteiger partial charge < -0.3 is 10.4 Å². The van der Waals surface area contributed by atoms with Crippen molar-refractivity contribution in [2.45, 2.75) is 6.92 Å². The summed E-state index contributed by atoms with van der Waals surface area (Å²) in [5.74, 6) is -1.42. The van der Waals surface area contributed by atoms with E-state index in [0.717, 1.165) is 5.56 Å². The number of hydrogen-bond acceptors (Lipinski definition) is 2. The van der Waals surface area contributed by atoms with E-state index in [1.807, 2.05) is 30.3 Å². The number of carboxylic acids is 1. The van der Waals surface area contributed by atoms with E-state index < -0.39 is 5.97 Å². The van der Waals surface area contributed by atoms with Gasteiger partial charge in [0.05, 0.1) is 16.3 Å². The topological polar surface area (TPSA) is 66.4 Å². The monoisotopic (exact) mass is 315 g/mol. The Hall–Kier alpha value is -2.59. The largest absolute Gasteiger partial charge is 0.478 e. The molecule has 0 spiro atoms. The Morgan fingerprint density at radius 3 is 2.45 bits per heavy atom. The third-order valence-electron chi connectivity index (χ3n) is 3.00. The summed E-state index contributed by atoms with van der Waals surface area (Å²) in [7, 11) is 0. The van der Waals surface area contributed by atoms with Gasteiger partial charge in [0.2, 0.25) is 0 Å². The molecule has 1 amide bonds. The minimum Gasteiger partial charge on any atom is -0.478 e. The third-order valence-corrected chi connectivity index (χ3v) is 3.33. The highest BCUT2D eigenvalue weighted by atomic mass is 35.5. The molecule has 0 aromatic heterocycles. The molecule has 0 radical (unpaired) electrons. The fourth-order valence-electron chi connectivity index (χ4n) is 1.84. The average molecular weight is 316 g/mol. The van der Waals surface area contributed by atoms with Crippen molar-refractivity contribution in [3.05, 3.63) is 70.3 Å². The Morgan fingerprint density at radius 1 is 1.14 bits per heavy atom. The second-order valence-corrected chi connectivity index (χ2v) is 5.10. The number of aromatic carboxylic acids is 1. The first-order valence-electron chi connectivity index (χ1n) is 6.55. The maximum Gasteiger partial charge on any atom is 0.335 e. The quantitative estimate of drug-likeness (QED) is 0.835. The van der Waals surface area contributed by atoms with Gasteiger partial charge in [0.15, 0.2) is 0 Å². The van der Waals surface area contributed by atoms with Gasteiger partial charge in [-0.1, -0.05) is 41.9 Å². The van der Waals surface area contributed by atoms with Crippen LogP contribution in [0.1, 0.15) is 22.8 Å². The molecule has 0 saturated heterocycles. The molecule has 2 aromatic rings. The zero-order valence-electron chi connectivity index (χ0n) is 11.8. The lowest BCUT2D eigenvalue weighted by atomic mass is 10.1. The summed E-state index contributed by atoms with van der Waals surface area (Å²) in [6, 6.07) is 13.6. The maximum atomic E-state index is 12.2. The van der Waals surface area contributed by atoms with Gasteiger partial charge in [-0.05, 0) is 36.8 Å². The summed E-state index contributed by atoms with van der Waals surface area (Å²) >= 11 is 5.98. The normalized spacial score (nSPS) is 11.1. The molecule has 0 bridgehead atoms. The Bertz CT molecular complexity index is 739. The lowest BCUT2D eigenvalue weighted by Crippen LogP contribution is -2.13. The number of carbonyl (C=O) groups is 2.